The van der Waals surface area contributed by atoms with E-state index in [0.29, 0.717) is 12.6 Å². The molecule has 4 nitrogen and oxygen atoms in total. The van der Waals surface area contributed by atoms with E-state index in [1.807, 2.05) is 13.8 Å². The second kappa shape index (κ2) is 6.14. The minimum Gasteiger partial charge on any atom is -0.389 e. The van der Waals surface area contributed by atoms with E-state index in [1.54, 1.807) is 0 Å². The molecule has 3 atom stereocenters. The van der Waals surface area contributed by atoms with Gasteiger partial charge in [-0.05, 0) is 45.7 Å². The van der Waals surface area contributed by atoms with Gasteiger partial charge in [-0.3, -0.25) is 4.90 Å². The number of hydrogen-bond acceptors (Lipinski definition) is 4. The summed E-state index contributed by atoms with van der Waals surface area (Å²) in [5.41, 5.74) is 0. The molecule has 0 aromatic rings. The van der Waals surface area contributed by atoms with Gasteiger partial charge in [0, 0.05) is 19.1 Å². The van der Waals surface area contributed by atoms with E-state index in [9.17, 15) is 5.11 Å². The van der Waals surface area contributed by atoms with E-state index >= 15 is 0 Å². The Morgan fingerprint density at radius 3 is 3.00 bits per heavy atom. The lowest BCUT2D eigenvalue weighted by Gasteiger charge is -2.38. The van der Waals surface area contributed by atoms with Gasteiger partial charge in [0.2, 0.25) is 0 Å². The molecule has 0 bridgehead atoms. The summed E-state index contributed by atoms with van der Waals surface area (Å²) in [5.74, 6) is 0.793. The highest BCUT2D eigenvalue weighted by Gasteiger charge is 2.35. The molecule has 2 saturated heterocycles. The lowest BCUT2D eigenvalue weighted by molar-refractivity contribution is -0.0206. The van der Waals surface area contributed by atoms with Crippen LogP contribution in [0.5, 0.6) is 0 Å². The highest BCUT2D eigenvalue weighted by Crippen LogP contribution is 2.26. The highest BCUT2D eigenvalue weighted by molar-refractivity contribution is 4.92. The topological polar surface area (TPSA) is 44.7 Å². The zero-order valence-electron chi connectivity index (χ0n) is 11.1. The quantitative estimate of drug-likeness (QED) is 0.735. The lowest BCUT2D eigenvalue weighted by atomic mass is 9.92. The second-order valence-corrected chi connectivity index (χ2v) is 5.66. The first kappa shape index (κ1) is 13.3. The van der Waals surface area contributed by atoms with Gasteiger partial charge in [-0.2, -0.15) is 0 Å². The van der Waals surface area contributed by atoms with E-state index in [0.717, 1.165) is 32.1 Å². The molecule has 0 radical (unpaired) electrons. The third-order valence-corrected chi connectivity index (χ3v) is 3.86. The molecule has 2 aliphatic rings. The van der Waals surface area contributed by atoms with Crippen LogP contribution in [0.15, 0.2) is 0 Å². The van der Waals surface area contributed by atoms with Gasteiger partial charge in [0.15, 0.2) is 0 Å². The Morgan fingerprint density at radius 2 is 2.24 bits per heavy atom. The summed E-state index contributed by atoms with van der Waals surface area (Å²) in [5, 5.41) is 13.4. The van der Waals surface area contributed by atoms with Crippen LogP contribution in [0.2, 0.25) is 0 Å². The smallest absolute Gasteiger partial charge is 0.0900 e. The van der Waals surface area contributed by atoms with E-state index in [-0.39, 0.29) is 12.2 Å². The molecule has 4 heteroatoms. The average Bonchev–Trinajstić information content (AvgIpc) is 2.75. The first-order chi connectivity index (χ1) is 8.16. The number of ether oxygens (including phenoxy) is 1. The van der Waals surface area contributed by atoms with Crippen molar-refractivity contribution in [3.05, 3.63) is 0 Å². The Balaban J connectivity index is 1.77. The molecule has 0 aromatic heterocycles. The fraction of sp³-hybridized carbons (Fsp3) is 1.00. The molecule has 2 fully saturated rings. The number of aliphatic hydroxyl groups excluding tert-OH is 1. The maximum atomic E-state index is 9.98. The van der Waals surface area contributed by atoms with Gasteiger partial charge >= 0.3 is 0 Å². The third kappa shape index (κ3) is 3.65. The van der Waals surface area contributed by atoms with Crippen LogP contribution in [0.1, 0.15) is 26.7 Å². The van der Waals surface area contributed by atoms with Crippen molar-refractivity contribution in [1.82, 2.24) is 10.2 Å². The van der Waals surface area contributed by atoms with Crippen molar-refractivity contribution in [3.63, 3.8) is 0 Å². The van der Waals surface area contributed by atoms with Crippen molar-refractivity contribution in [2.75, 3.05) is 32.8 Å². The fourth-order valence-corrected chi connectivity index (χ4v) is 3.02. The molecule has 0 spiro atoms. The summed E-state index contributed by atoms with van der Waals surface area (Å²) < 4.78 is 5.46. The van der Waals surface area contributed by atoms with E-state index in [1.165, 1.54) is 12.8 Å². The monoisotopic (exact) mass is 242 g/mol. The largest absolute Gasteiger partial charge is 0.389 e. The SMILES string of the molecule is CC(C)OCC(O)CN1CCCC2CNCC21. The Hall–Kier alpha value is -0.160. The van der Waals surface area contributed by atoms with Crippen LogP contribution in [-0.4, -0.2) is 61.0 Å². The van der Waals surface area contributed by atoms with Crippen LogP contribution in [0.4, 0.5) is 0 Å². The maximum Gasteiger partial charge on any atom is 0.0900 e. The fourth-order valence-electron chi connectivity index (χ4n) is 3.02. The molecular weight excluding hydrogens is 216 g/mol. The molecule has 0 aliphatic carbocycles. The van der Waals surface area contributed by atoms with Gasteiger partial charge in [0.05, 0.1) is 18.8 Å². The summed E-state index contributed by atoms with van der Waals surface area (Å²) in [6.45, 7) is 8.59. The second-order valence-electron chi connectivity index (χ2n) is 5.66. The number of piperidine rings is 1. The van der Waals surface area contributed by atoms with Gasteiger partial charge < -0.3 is 15.2 Å². The number of nitrogens with zero attached hydrogens (tertiary/aromatic N) is 1. The van der Waals surface area contributed by atoms with Gasteiger partial charge in [-0.25, -0.2) is 0 Å². The van der Waals surface area contributed by atoms with Crippen LogP contribution >= 0.6 is 0 Å². The molecule has 0 saturated carbocycles. The van der Waals surface area contributed by atoms with Crippen LogP contribution in [-0.2, 0) is 4.74 Å². The van der Waals surface area contributed by atoms with Crippen molar-refractivity contribution in [2.24, 2.45) is 5.92 Å². The van der Waals surface area contributed by atoms with Crippen molar-refractivity contribution < 1.29 is 9.84 Å². The number of fused-ring (bicyclic) bond motifs is 1. The van der Waals surface area contributed by atoms with Gasteiger partial charge in [-0.15, -0.1) is 0 Å². The molecule has 2 heterocycles. The maximum absolute atomic E-state index is 9.98. The molecule has 0 amide bonds. The minimum absolute atomic E-state index is 0.201. The molecular formula is C13H26N2O2. The number of aliphatic hydroxyl groups is 1. The summed E-state index contributed by atoms with van der Waals surface area (Å²) in [6, 6.07) is 0.637. The summed E-state index contributed by atoms with van der Waals surface area (Å²) in [6.07, 6.45) is 2.46. The van der Waals surface area contributed by atoms with Gasteiger partial charge in [0.25, 0.3) is 0 Å². The predicted octanol–water partition coefficient (Wildman–Crippen LogP) is 0.456. The van der Waals surface area contributed by atoms with Gasteiger partial charge in [-0.1, -0.05) is 0 Å². The number of β-amino-alcohol motifs (C(OH)–C–C–N with tert-alkyl or cyclic N) is 1. The predicted molar refractivity (Wildman–Crippen MR) is 68.0 cm³/mol. The molecule has 3 unspecified atom stereocenters. The Morgan fingerprint density at radius 1 is 1.41 bits per heavy atom. The highest BCUT2D eigenvalue weighted by atomic mass is 16.5. The molecule has 2 aliphatic heterocycles. The Labute approximate surface area is 104 Å². The molecule has 0 aromatic carbocycles. The van der Waals surface area contributed by atoms with Crippen molar-refractivity contribution >= 4 is 0 Å². The van der Waals surface area contributed by atoms with Crippen LogP contribution < -0.4 is 5.32 Å². The average molecular weight is 242 g/mol. The lowest BCUT2D eigenvalue weighted by Crippen LogP contribution is -2.48. The molecule has 17 heavy (non-hydrogen) atoms. The summed E-state index contributed by atoms with van der Waals surface area (Å²) >= 11 is 0. The number of likely N-dealkylation sites (tertiary alicyclic amines) is 1. The normalized spacial score (nSPS) is 31.8. The van der Waals surface area contributed by atoms with E-state index in [4.69, 9.17) is 4.74 Å². The van der Waals surface area contributed by atoms with Crippen LogP contribution in [0.3, 0.4) is 0 Å². The van der Waals surface area contributed by atoms with Gasteiger partial charge in [0.1, 0.15) is 0 Å². The summed E-state index contributed by atoms with van der Waals surface area (Å²) in [7, 11) is 0. The minimum atomic E-state index is -0.350. The number of nitrogens with one attached hydrogen (secondary N) is 1. The number of hydrogen-bond donors (Lipinski definition) is 2. The van der Waals surface area contributed by atoms with E-state index in [2.05, 4.69) is 10.2 Å². The van der Waals surface area contributed by atoms with Crippen LogP contribution in [0.25, 0.3) is 0 Å². The third-order valence-electron chi connectivity index (χ3n) is 3.86. The van der Waals surface area contributed by atoms with Crippen molar-refractivity contribution in [2.45, 2.75) is 44.9 Å². The first-order valence-electron chi connectivity index (χ1n) is 6.91. The zero-order valence-corrected chi connectivity index (χ0v) is 11.1. The first-order valence-corrected chi connectivity index (χ1v) is 6.91. The van der Waals surface area contributed by atoms with E-state index < -0.39 is 0 Å². The van der Waals surface area contributed by atoms with Crippen molar-refractivity contribution in [3.8, 4) is 0 Å². The van der Waals surface area contributed by atoms with Crippen LogP contribution in [0, 0.1) is 5.92 Å². The van der Waals surface area contributed by atoms with Crippen molar-refractivity contribution in [1.29, 1.82) is 0 Å². The Bertz CT molecular complexity index is 235. The standard InChI is InChI=1S/C13H26N2O2/c1-10(2)17-9-12(16)8-15-5-3-4-11-6-14-7-13(11)15/h10-14,16H,3-9H2,1-2H3. The zero-order chi connectivity index (χ0) is 12.3. The Kier molecular flexibility index (Phi) is 4.79. The molecule has 2 rings (SSSR count). The summed E-state index contributed by atoms with van der Waals surface area (Å²) in [4.78, 5) is 2.45. The molecule has 2 N–H and O–H groups in total. The molecule has 100 valence electrons. The number of rotatable bonds is 5.